The summed E-state index contributed by atoms with van der Waals surface area (Å²) in [6.07, 6.45) is 7.83. The number of aryl methyl sites for hydroxylation is 1. The summed E-state index contributed by atoms with van der Waals surface area (Å²) < 4.78 is 11.8. The summed E-state index contributed by atoms with van der Waals surface area (Å²) >= 11 is 0. The molecule has 2 N–H and O–H groups in total. The van der Waals surface area contributed by atoms with Crippen LogP contribution in [0.3, 0.4) is 0 Å². The normalized spacial score (nSPS) is 24.2. The van der Waals surface area contributed by atoms with E-state index in [0.29, 0.717) is 17.5 Å². The van der Waals surface area contributed by atoms with Crippen LogP contribution >= 0.6 is 0 Å². The van der Waals surface area contributed by atoms with Crippen LogP contribution in [0.1, 0.15) is 77.8 Å². The number of carbonyl (C=O) groups is 1. The van der Waals surface area contributed by atoms with Gasteiger partial charge in [0.15, 0.2) is 0 Å². The Labute approximate surface area is 187 Å². The molecule has 2 atom stereocenters. The van der Waals surface area contributed by atoms with E-state index in [0.717, 1.165) is 17.7 Å². The second-order valence-corrected chi connectivity index (χ2v) is 10.9. The number of anilines is 1. The molecule has 2 aliphatic carbocycles. The Bertz CT molecular complexity index is 875. The van der Waals surface area contributed by atoms with Crippen molar-refractivity contribution in [2.45, 2.75) is 97.4 Å². The van der Waals surface area contributed by atoms with Crippen LogP contribution in [0.15, 0.2) is 18.2 Å². The number of ether oxygens (including phenoxy) is 2. The first-order chi connectivity index (χ1) is 14.5. The third kappa shape index (κ3) is 5.02. The minimum Gasteiger partial charge on any atom is -0.489 e. The van der Waals surface area contributed by atoms with Crippen LogP contribution in [0.2, 0.25) is 0 Å². The molecular formula is C26H38N2O3. The maximum Gasteiger partial charge on any atom is 0.411 e. The van der Waals surface area contributed by atoms with Gasteiger partial charge in [0.05, 0.1) is 17.8 Å². The molecule has 2 fully saturated rings. The van der Waals surface area contributed by atoms with Crippen LogP contribution in [0.4, 0.5) is 10.5 Å². The Morgan fingerprint density at radius 1 is 1.13 bits per heavy atom. The molecule has 0 saturated heterocycles. The molecule has 0 radical (unpaired) electrons. The summed E-state index contributed by atoms with van der Waals surface area (Å²) in [5.41, 5.74) is 10.1. The molecule has 3 aliphatic rings. The predicted molar refractivity (Wildman–Crippen MR) is 125 cm³/mol. The van der Waals surface area contributed by atoms with E-state index in [1.165, 1.54) is 36.8 Å². The fraction of sp³-hybridized carbons (Fsp3) is 0.654. The molecule has 170 valence electrons. The zero-order chi connectivity index (χ0) is 22.5. The van der Waals surface area contributed by atoms with Crippen molar-refractivity contribution in [3.63, 3.8) is 0 Å². The minimum absolute atomic E-state index is 0.0688. The van der Waals surface area contributed by atoms with E-state index in [2.05, 4.69) is 24.0 Å². The second-order valence-electron chi connectivity index (χ2n) is 10.9. The van der Waals surface area contributed by atoms with Crippen molar-refractivity contribution in [2.75, 3.05) is 5.73 Å². The number of hydrogen-bond donors (Lipinski definition) is 1. The zero-order valence-electron chi connectivity index (χ0n) is 19.9. The summed E-state index contributed by atoms with van der Waals surface area (Å²) in [5.74, 6) is 1.85. The van der Waals surface area contributed by atoms with Gasteiger partial charge in [0, 0.05) is 6.04 Å². The largest absolute Gasteiger partial charge is 0.489 e. The van der Waals surface area contributed by atoms with E-state index < -0.39 is 5.60 Å². The van der Waals surface area contributed by atoms with Gasteiger partial charge in [-0.2, -0.15) is 0 Å². The highest BCUT2D eigenvalue weighted by Crippen LogP contribution is 2.48. The Balaban J connectivity index is 1.71. The molecule has 5 heteroatoms. The Morgan fingerprint density at radius 3 is 2.32 bits per heavy atom. The van der Waals surface area contributed by atoms with Crippen molar-refractivity contribution in [2.24, 2.45) is 11.8 Å². The van der Waals surface area contributed by atoms with Crippen LogP contribution in [0.25, 0.3) is 5.57 Å². The summed E-state index contributed by atoms with van der Waals surface area (Å²) in [6.45, 7) is 12.0. The molecule has 0 spiro atoms. The van der Waals surface area contributed by atoms with Crippen LogP contribution in [-0.4, -0.2) is 34.8 Å². The summed E-state index contributed by atoms with van der Waals surface area (Å²) in [5, 5.41) is 0. The monoisotopic (exact) mass is 426 g/mol. The van der Waals surface area contributed by atoms with Crippen molar-refractivity contribution in [3.05, 3.63) is 29.3 Å². The van der Waals surface area contributed by atoms with Gasteiger partial charge in [0.1, 0.15) is 11.4 Å². The first kappa shape index (κ1) is 22.0. The molecule has 31 heavy (non-hydrogen) atoms. The SMILES string of the molecule is Cc1cc(N)c(OC(C)C)cc1C1=C[C@H](C2CC2)N(C(=O)OC(C)(C)C)[C@H](C2CC2)C1. The average molecular weight is 427 g/mol. The average Bonchev–Trinajstić information content (AvgIpc) is 3.53. The molecule has 4 rings (SSSR count). The Hall–Kier alpha value is -2.17. The third-order valence-electron chi connectivity index (χ3n) is 6.42. The van der Waals surface area contributed by atoms with Crippen LogP contribution < -0.4 is 10.5 Å². The van der Waals surface area contributed by atoms with E-state index >= 15 is 0 Å². The highest BCUT2D eigenvalue weighted by Gasteiger charge is 2.48. The molecule has 1 aromatic rings. The molecule has 1 amide bonds. The minimum atomic E-state index is -0.486. The van der Waals surface area contributed by atoms with Crippen molar-refractivity contribution in [1.29, 1.82) is 0 Å². The Kier molecular flexibility index (Phi) is 5.74. The van der Waals surface area contributed by atoms with Gasteiger partial charge < -0.3 is 15.2 Å². The molecule has 0 bridgehead atoms. The number of nitrogen functional groups attached to an aromatic ring is 1. The number of nitrogens with zero attached hydrogens (tertiary/aromatic N) is 1. The fourth-order valence-corrected chi connectivity index (χ4v) is 4.76. The standard InChI is InChI=1S/C26H38N2O3/c1-15(2)30-24-14-20(16(3)11-21(24)27)19-12-22(17-7-8-17)28(23(13-19)18-9-10-18)25(29)31-26(4,5)6/h11-12,14-15,17-18,22-23H,7-10,13,27H2,1-6H3/t22-,23+/m1/s1. The predicted octanol–water partition coefficient (Wildman–Crippen LogP) is 5.95. The van der Waals surface area contributed by atoms with E-state index in [9.17, 15) is 4.79 Å². The summed E-state index contributed by atoms with van der Waals surface area (Å²) in [4.78, 5) is 15.4. The molecule has 5 nitrogen and oxygen atoms in total. The first-order valence-electron chi connectivity index (χ1n) is 11.8. The van der Waals surface area contributed by atoms with E-state index in [4.69, 9.17) is 15.2 Å². The Morgan fingerprint density at radius 2 is 1.77 bits per heavy atom. The van der Waals surface area contributed by atoms with Crippen LogP contribution in [0, 0.1) is 18.8 Å². The van der Waals surface area contributed by atoms with Crippen molar-refractivity contribution >= 4 is 17.4 Å². The molecule has 0 unspecified atom stereocenters. The van der Waals surface area contributed by atoms with Crippen molar-refractivity contribution < 1.29 is 14.3 Å². The van der Waals surface area contributed by atoms with Gasteiger partial charge in [-0.05, 0) is 114 Å². The third-order valence-corrected chi connectivity index (χ3v) is 6.42. The maximum absolute atomic E-state index is 13.3. The van der Waals surface area contributed by atoms with E-state index in [1.807, 2.05) is 40.7 Å². The lowest BCUT2D eigenvalue weighted by atomic mass is 9.85. The van der Waals surface area contributed by atoms with E-state index in [-0.39, 0.29) is 24.3 Å². The smallest absolute Gasteiger partial charge is 0.411 e. The van der Waals surface area contributed by atoms with Gasteiger partial charge in [-0.15, -0.1) is 0 Å². The van der Waals surface area contributed by atoms with E-state index in [1.54, 1.807) is 0 Å². The first-order valence-corrected chi connectivity index (χ1v) is 11.8. The lowest BCUT2D eigenvalue weighted by molar-refractivity contribution is 0.00368. The van der Waals surface area contributed by atoms with Gasteiger partial charge in [-0.3, -0.25) is 4.90 Å². The topological polar surface area (TPSA) is 64.8 Å². The van der Waals surface area contributed by atoms with Crippen molar-refractivity contribution in [1.82, 2.24) is 4.90 Å². The van der Waals surface area contributed by atoms with Gasteiger partial charge in [-0.1, -0.05) is 6.08 Å². The molecule has 1 heterocycles. The number of hydrogen-bond acceptors (Lipinski definition) is 4. The number of rotatable bonds is 5. The molecule has 1 aliphatic heterocycles. The summed E-state index contributed by atoms with van der Waals surface area (Å²) in [6, 6.07) is 4.43. The highest BCUT2D eigenvalue weighted by atomic mass is 16.6. The highest BCUT2D eigenvalue weighted by molar-refractivity contribution is 5.78. The number of amides is 1. The number of carbonyl (C=O) groups excluding carboxylic acids is 1. The quantitative estimate of drug-likeness (QED) is 0.591. The van der Waals surface area contributed by atoms with Gasteiger partial charge in [0.2, 0.25) is 0 Å². The lowest BCUT2D eigenvalue weighted by Crippen LogP contribution is -2.52. The zero-order valence-corrected chi connectivity index (χ0v) is 19.9. The summed E-state index contributed by atoms with van der Waals surface area (Å²) in [7, 11) is 0. The van der Waals surface area contributed by atoms with Gasteiger partial charge in [0.25, 0.3) is 0 Å². The second kappa shape index (κ2) is 8.07. The maximum atomic E-state index is 13.3. The van der Waals surface area contributed by atoms with Crippen LogP contribution in [0.5, 0.6) is 5.75 Å². The van der Waals surface area contributed by atoms with Gasteiger partial charge in [-0.25, -0.2) is 4.79 Å². The lowest BCUT2D eigenvalue weighted by Gasteiger charge is -2.42. The van der Waals surface area contributed by atoms with Gasteiger partial charge >= 0.3 is 6.09 Å². The molecular weight excluding hydrogens is 388 g/mol. The van der Waals surface area contributed by atoms with Crippen LogP contribution in [-0.2, 0) is 4.74 Å². The molecule has 0 aromatic heterocycles. The molecule has 1 aromatic carbocycles. The number of benzene rings is 1. The molecule has 2 saturated carbocycles. The fourth-order valence-electron chi connectivity index (χ4n) is 4.76. The number of nitrogens with two attached hydrogens (primary N) is 1. The van der Waals surface area contributed by atoms with Crippen molar-refractivity contribution in [3.8, 4) is 5.75 Å².